The van der Waals surface area contributed by atoms with E-state index in [-0.39, 0.29) is 0 Å². The highest BCUT2D eigenvalue weighted by Gasteiger charge is 2.17. The maximum atomic E-state index is 4.22. The van der Waals surface area contributed by atoms with Crippen molar-refractivity contribution >= 4 is 11.5 Å². The average Bonchev–Trinajstić information content (AvgIpc) is 3.00. The molecular formula is C16H26N4. The summed E-state index contributed by atoms with van der Waals surface area (Å²) >= 11 is 0. The van der Waals surface area contributed by atoms with Crippen molar-refractivity contribution in [2.75, 3.05) is 29.9 Å². The van der Waals surface area contributed by atoms with Crippen LogP contribution in [0.1, 0.15) is 45.4 Å². The van der Waals surface area contributed by atoms with Crippen molar-refractivity contribution in [2.45, 2.75) is 45.4 Å². The number of nitrogens with zero attached hydrogens (tertiary/aromatic N) is 3. The molecule has 1 saturated heterocycles. The number of hydrogen-bond acceptors (Lipinski definition) is 4. The normalized spacial score (nSPS) is 21.4. The minimum atomic E-state index is 0.830. The van der Waals surface area contributed by atoms with E-state index in [0.29, 0.717) is 0 Å². The van der Waals surface area contributed by atoms with Crippen molar-refractivity contribution in [1.29, 1.82) is 0 Å². The lowest BCUT2D eigenvalue weighted by Gasteiger charge is -2.31. The predicted molar refractivity (Wildman–Crippen MR) is 83.1 cm³/mol. The zero-order chi connectivity index (χ0) is 13.8. The van der Waals surface area contributed by atoms with Gasteiger partial charge in [0.1, 0.15) is 0 Å². The minimum Gasteiger partial charge on any atom is -0.370 e. The van der Waals surface area contributed by atoms with Crippen molar-refractivity contribution in [3.63, 3.8) is 0 Å². The van der Waals surface area contributed by atoms with Crippen LogP contribution in [0.5, 0.6) is 0 Å². The lowest BCUT2D eigenvalue weighted by Crippen LogP contribution is -2.32. The summed E-state index contributed by atoms with van der Waals surface area (Å²) in [5.41, 5.74) is 1.22. The topological polar surface area (TPSA) is 41.1 Å². The summed E-state index contributed by atoms with van der Waals surface area (Å²) in [5.74, 6) is 2.63. The molecule has 0 unspecified atom stereocenters. The van der Waals surface area contributed by atoms with Crippen LogP contribution in [0.2, 0.25) is 0 Å². The molecule has 3 rings (SSSR count). The van der Waals surface area contributed by atoms with E-state index < -0.39 is 0 Å². The molecule has 0 aromatic carbocycles. The second kappa shape index (κ2) is 6.42. The monoisotopic (exact) mass is 274 g/mol. The van der Waals surface area contributed by atoms with Gasteiger partial charge in [-0.15, -0.1) is 5.10 Å². The summed E-state index contributed by atoms with van der Waals surface area (Å²) in [6.07, 6.45) is 9.99. The standard InChI is InChI=1S/C16H26N4/c1-13-6-8-20(9-7-13)15-10-16(19-18-12-15)17-11-14-4-2-3-5-14/h10,12-14H,2-9,11H2,1H3,(H,17,19). The van der Waals surface area contributed by atoms with Gasteiger partial charge in [-0.25, -0.2) is 0 Å². The zero-order valence-electron chi connectivity index (χ0n) is 12.5. The molecule has 0 bridgehead atoms. The molecule has 1 aromatic heterocycles. The van der Waals surface area contributed by atoms with Gasteiger partial charge in [-0.05, 0) is 37.5 Å². The van der Waals surface area contributed by atoms with Crippen LogP contribution in [0, 0.1) is 11.8 Å². The molecule has 0 radical (unpaired) electrons. The van der Waals surface area contributed by atoms with E-state index in [0.717, 1.165) is 37.3 Å². The third-order valence-corrected chi connectivity index (χ3v) is 4.84. The fourth-order valence-electron chi connectivity index (χ4n) is 3.35. The van der Waals surface area contributed by atoms with Crippen molar-refractivity contribution < 1.29 is 0 Å². The second-order valence-electron chi connectivity index (χ2n) is 6.50. The van der Waals surface area contributed by atoms with E-state index in [1.54, 1.807) is 0 Å². The van der Waals surface area contributed by atoms with Gasteiger partial charge < -0.3 is 10.2 Å². The Morgan fingerprint density at radius 1 is 1.20 bits per heavy atom. The number of aromatic nitrogens is 2. The van der Waals surface area contributed by atoms with Crippen LogP contribution in [0.15, 0.2) is 12.3 Å². The van der Waals surface area contributed by atoms with Crippen LogP contribution in [0.25, 0.3) is 0 Å². The Hall–Kier alpha value is -1.32. The van der Waals surface area contributed by atoms with Crippen molar-refractivity contribution in [2.24, 2.45) is 11.8 Å². The molecule has 1 aliphatic heterocycles. The van der Waals surface area contributed by atoms with Gasteiger partial charge >= 0.3 is 0 Å². The first kappa shape index (κ1) is 13.7. The average molecular weight is 274 g/mol. The molecular weight excluding hydrogens is 248 g/mol. The lowest BCUT2D eigenvalue weighted by atomic mass is 9.99. The quantitative estimate of drug-likeness (QED) is 0.914. The third kappa shape index (κ3) is 3.41. The van der Waals surface area contributed by atoms with E-state index in [9.17, 15) is 0 Å². The molecule has 1 N–H and O–H groups in total. The van der Waals surface area contributed by atoms with Gasteiger partial charge in [0.25, 0.3) is 0 Å². The Labute approximate surface area is 122 Å². The summed E-state index contributed by atoms with van der Waals surface area (Å²) < 4.78 is 0. The molecule has 4 heteroatoms. The third-order valence-electron chi connectivity index (χ3n) is 4.84. The Morgan fingerprint density at radius 2 is 1.95 bits per heavy atom. The first-order chi connectivity index (χ1) is 9.81. The molecule has 2 aliphatic rings. The molecule has 1 aliphatic carbocycles. The summed E-state index contributed by atoms with van der Waals surface area (Å²) in [4.78, 5) is 2.44. The van der Waals surface area contributed by atoms with E-state index >= 15 is 0 Å². The summed E-state index contributed by atoms with van der Waals surface area (Å²) in [5, 5.41) is 11.9. The van der Waals surface area contributed by atoms with Crippen molar-refractivity contribution in [3.05, 3.63) is 12.3 Å². The molecule has 4 nitrogen and oxygen atoms in total. The minimum absolute atomic E-state index is 0.830. The molecule has 1 saturated carbocycles. The van der Waals surface area contributed by atoms with Crippen molar-refractivity contribution in [3.8, 4) is 0 Å². The fraction of sp³-hybridized carbons (Fsp3) is 0.750. The molecule has 1 aromatic rings. The van der Waals surface area contributed by atoms with Crippen LogP contribution in [0.3, 0.4) is 0 Å². The van der Waals surface area contributed by atoms with E-state index in [4.69, 9.17) is 0 Å². The molecule has 0 atom stereocenters. The molecule has 2 fully saturated rings. The predicted octanol–water partition coefficient (Wildman–Crippen LogP) is 3.32. The number of nitrogens with one attached hydrogen (secondary N) is 1. The Bertz CT molecular complexity index is 420. The van der Waals surface area contributed by atoms with Gasteiger partial charge in [0, 0.05) is 25.7 Å². The molecule has 0 spiro atoms. The van der Waals surface area contributed by atoms with Crippen molar-refractivity contribution in [1.82, 2.24) is 10.2 Å². The molecule has 2 heterocycles. The SMILES string of the molecule is CC1CCN(c2cnnc(NCC3CCCC3)c2)CC1. The highest BCUT2D eigenvalue weighted by molar-refractivity contribution is 5.52. The van der Waals surface area contributed by atoms with E-state index in [2.05, 4.69) is 33.4 Å². The van der Waals surface area contributed by atoms with Gasteiger partial charge in [0.2, 0.25) is 0 Å². The van der Waals surface area contributed by atoms with Crippen LogP contribution >= 0.6 is 0 Å². The summed E-state index contributed by atoms with van der Waals surface area (Å²) in [6, 6.07) is 2.16. The van der Waals surface area contributed by atoms with Crippen LogP contribution in [-0.4, -0.2) is 29.8 Å². The number of hydrogen-bond donors (Lipinski definition) is 1. The zero-order valence-corrected chi connectivity index (χ0v) is 12.5. The summed E-state index contributed by atoms with van der Waals surface area (Å²) in [7, 11) is 0. The largest absolute Gasteiger partial charge is 0.370 e. The lowest BCUT2D eigenvalue weighted by molar-refractivity contribution is 0.438. The second-order valence-corrected chi connectivity index (χ2v) is 6.50. The van der Waals surface area contributed by atoms with Gasteiger partial charge in [0.15, 0.2) is 5.82 Å². The summed E-state index contributed by atoms with van der Waals surface area (Å²) in [6.45, 7) is 5.69. The maximum absolute atomic E-state index is 4.22. The van der Waals surface area contributed by atoms with Crippen LogP contribution < -0.4 is 10.2 Å². The molecule has 0 amide bonds. The highest BCUT2D eigenvalue weighted by atomic mass is 15.2. The Kier molecular flexibility index (Phi) is 4.38. The van der Waals surface area contributed by atoms with Gasteiger partial charge in [0.05, 0.1) is 11.9 Å². The number of piperidine rings is 1. The van der Waals surface area contributed by atoms with Gasteiger partial charge in [-0.2, -0.15) is 5.10 Å². The van der Waals surface area contributed by atoms with Crippen LogP contribution in [-0.2, 0) is 0 Å². The molecule has 20 heavy (non-hydrogen) atoms. The number of anilines is 2. The first-order valence-electron chi connectivity index (χ1n) is 8.13. The van der Waals surface area contributed by atoms with Gasteiger partial charge in [-0.3, -0.25) is 0 Å². The van der Waals surface area contributed by atoms with E-state index in [1.807, 2.05) is 6.20 Å². The van der Waals surface area contributed by atoms with E-state index in [1.165, 1.54) is 44.2 Å². The Morgan fingerprint density at radius 3 is 2.70 bits per heavy atom. The first-order valence-corrected chi connectivity index (χ1v) is 8.13. The fourth-order valence-corrected chi connectivity index (χ4v) is 3.35. The smallest absolute Gasteiger partial charge is 0.150 e. The van der Waals surface area contributed by atoms with Crippen LogP contribution in [0.4, 0.5) is 11.5 Å². The highest BCUT2D eigenvalue weighted by Crippen LogP contribution is 2.26. The van der Waals surface area contributed by atoms with Gasteiger partial charge in [-0.1, -0.05) is 19.8 Å². The Balaban J connectivity index is 1.57. The number of rotatable bonds is 4. The maximum Gasteiger partial charge on any atom is 0.150 e. The molecule has 110 valence electrons.